The third kappa shape index (κ3) is 5.36. The maximum Gasteiger partial charge on any atom is 0.119 e. The van der Waals surface area contributed by atoms with Crippen molar-refractivity contribution in [3.63, 3.8) is 0 Å². The normalized spacial score (nSPS) is 13.1. The molecule has 1 atom stereocenters. The Bertz CT molecular complexity index is 605. The van der Waals surface area contributed by atoms with Gasteiger partial charge in [-0.3, -0.25) is 0 Å². The first-order valence-corrected chi connectivity index (χ1v) is 8.56. The highest BCUT2D eigenvalue weighted by atomic mass is 16.5. The van der Waals surface area contributed by atoms with Crippen molar-refractivity contribution < 1.29 is 4.74 Å². The monoisotopic (exact) mass is 326 g/mol. The molecule has 0 amide bonds. The van der Waals surface area contributed by atoms with E-state index in [1.165, 1.54) is 11.1 Å². The predicted octanol–water partition coefficient (Wildman–Crippen LogP) is 4.26. The molecule has 24 heavy (non-hydrogen) atoms. The number of likely N-dealkylation sites (N-methyl/N-ethyl adjacent to an activating group) is 1. The van der Waals surface area contributed by atoms with Crippen molar-refractivity contribution in [1.82, 2.24) is 10.2 Å². The molecule has 0 aliphatic carbocycles. The molecule has 0 aromatic heterocycles. The summed E-state index contributed by atoms with van der Waals surface area (Å²) in [5, 5.41) is 3.62. The average molecular weight is 326 g/mol. The van der Waals surface area contributed by atoms with Crippen LogP contribution in [0.25, 0.3) is 0 Å². The van der Waals surface area contributed by atoms with E-state index in [0.717, 1.165) is 12.3 Å². The first-order chi connectivity index (χ1) is 11.4. The number of benzene rings is 2. The van der Waals surface area contributed by atoms with Crippen LogP contribution < -0.4 is 10.1 Å². The van der Waals surface area contributed by atoms with Gasteiger partial charge in [-0.25, -0.2) is 0 Å². The summed E-state index contributed by atoms with van der Waals surface area (Å²) in [6, 6.07) is 18.9. The van der Waals surface area contributed by atoms with E-state index in [-0.39, 0.29) is 5.54 Å². The third-order valence-electron chi connectivity index (χ3n) is 4.68. The molecule has 3 heteroatoms. The van der Waals surface area contributed by atoms with Gasteiger partial charge in [0, 0.05) is 18.1 Å². The largest absolute Gasteiger partial charge is 0.489 e. The van der Waals surface area contributed by atoms with Crippen LogP contribution in [0.4, 0.5) is 0 Å². The van der Waals surface area contributed by atoms with E-state index in [1.54, 1.807) is 0 Å². The molecule has 0 spiro atoms. The molecule has 0 radical (unpaired) electrons. The molecule has 130 valence electrons. The van der Waals surface area contributed by atoms with Crippen molar-refractivity contribution in [2.45, 2.75) is 39.0 Å². The fraction of sp³-hybridized carbons (Fsp3) is 0.429. The number of hydrogen-bond acceptors (Lipinski definition) is 3. The van der Waals surface area contributed by atoms with Gasteiger partial charge < -0.3 is 15.0 Å². The lowest BCUT2D eigenvalue weighted by atomic mass is 10.0. The third-order valence-corrected chi connectivity index (χ3v) is 4.68. The number of hydrogen-bond donors (Lipinski definition) is 1. The molecule has 0 fully saturated rings. The molecule has 2 aromatic rings. The van der Waals surface area contributed by atoms with Crippen LogP contribution in [0.1, 0.15) is 37.9 Å². The van der Waals surface area contributed by atoms with Crippen molar-refractivity contribution in [3.05, 3.63) is 65.7 Å². The summed E-state index contributed by atoms with van der Waals surface area (Å²) in [5.41, 5.74) is 2.59. The quantitative estimate of drug-likeness (QED) is 0.784. The Morgan fingerprint density at radius 3 is 2.21 bits per heavy atom. The summed E-state index contributed by atoms with van der Waals surface area (Å²) in [7, 11) is 4.23. The molecule has 1 unspecified atom stereocenters. The van der Waals surface area contributed by atoms with E-state index in [0.29, 0.717) is 12.6 Å². The van der Waals surface area contributed by atoms with Crippen molar-refractivity contribution in [1.29, 1.82) is 0 Å². The lowest BCUT2D eigenvalue weighted by Gasteiger charge is -2.34. The summed E-state index contributed by atoms with van der Waals surface area (Å²) in [5.74, 6) is 0.906. The molecular weight excluding hydrogens is 296 g/mol. The van der Waals surface area contributed by atoms with E-state index in [1.807, 2.05) is 30.3 Å². The Morgan fingerprint density at radius 1 is 1.00 bits per heavy atom. The summed E-state index contributed by atoms with van der Waals surface area (Å²) in [4.78, 5) is 2.24. The van der Waals surface area contributed by atoms with Gasteiger partial charge in [0.2, 0.25) is 0 Å². The highest BCUT2D eigenvalue weighted by Crippen LogP contribution is 2.19. The van der Waals surface area contributed by atoms with Crippen LogP contribution in [0.2, 0.25) is 0 Å². The van der Waals surface area contributed by atoms with Crippen molar-refractivity contribution >= 4 is 0 Å². The molecule has 2 aromatic carbocycles. The van der Waals surface area contributed by atoms with Gasteiger partial charge in [-0.1, -0.05) is 42.5 Å². The summed E-state index contributed by atoms with van der Waals surface area (Å²) in [6.07, 6.45) is 0. The standard InChI is InChI=1S/C21H30N2O/c1-17(22-16-21(2,3)23(4)5)19-11-13-20(14-12-19)24-15-18-9-7-6-8-10-18/h6-14,17,22H,15-16H2,1-5H3. The number of rotatable bonds is 8. The van der Waals surface area contributed by atoms with Gasteiger partial charge >= 0.3 is 0 Å². The Kier molecular flexibility index (Phi) is 6.41. The maximum absolute atomic E-state index is 5.85. The lowest BCUT2D eigenvalue weighted by molar-refractivity contribution is 0.185. The topological polar surface area (TPSA) is 24.5 Å². The van der Waals surface area contributed by atoms with Gasteiger partial charge in [0.1, 0.15) is 12.4 Å². The fourth-order valence-electron chi connectivity index (χ4n) is 2.27. The van der Waals surface area contributed by atoms with Gasteiger partial charge in [-0.2, -0.15) is 0 Å². The van der Waals surface area contributed by atoms with Crippen LogP contribution in [-0.2, 0) is 6.61 Å². The van der Waals surface area contributed by atoms with Crippen LogP contribution in [-0.4, -0.2) is 31.1 Å². The van der Waals surface area contributed by atoms with E-state index < -0.39 is 0 Å². The van der Waals surface area contributed by atoms with Crippen LogP contribution in [0.15, 0.2) is 54.6 Å². The van der Waals surface area contributed by atoms with Gasteiger partial charge in [0.25, 0.3) is 0 Å². The Morgan fingerprint density at radius 2 is 1.62 bits per heavy atom. The SMILES string of the molecule is CC(NCC(C)(C)N(C)C)c1ccc(OCc2ccccc2)cc1. The molecule has 0 aliphatic rings. The maximum atomic E-state index is 5.85. The minimum atomic E-state index is 0.132. The molecule has 0 saturated carbocycles. The van der Waals surface area contributed by atoms with Crippen LogP contribution in [0, 0.1) is 0 Å². The average Bonchev–Trinajstić information content (AvgIpc) is 2.59. The van der Waals surface area contributed by atoms with E-state index >= 15 is 0 Å². The minimum absolute atomic E-state index is 0.132. The summed E-state index contributed by atoms with van der Waals surface area (Å²) in [6.45, 7) is 8.23. The fourth-order valence-corrected chi connectivity index (χ4v) is 2.27. The van der Waals surface area contributed by atoms with Crippen molar-refractivity contribution in [3.8, 4) is 5.75 Å². The van der Waals surface area contributed by atoms with Crippen molar-refractivity contribution in [2.24, 2.45) is 0 Å². The first kappa shape index (κ1) is 18.5. The zero-order chi connectivity index (χ0) is 17.6. The zero-order valence-electron chi connectivity index (χ0n) is 15.5. The highest BCUT2D eigenvalue weighted by Gasteiger charge is 2.21. The van der Waals surface area contributed by atoms with Gasteiger partial charge in [0.15, 0.2) is 0 Å². The molecular formula is C21H30N2O. The minimum Gasteiger partial charge on any atom is -0.489 e. The second-order valence-electron chi connectivity index (χ2n) is 7.15. The van der Waals surface area contributed by atoms with Crippen molar-refractivity contribution in [2.75, 3.05) is 20.6 Å². The molecule has 0 aliphatic heterocycles. The number of nitrogens with one attached hydrogen (secondary N) is 1. The van der Waals surface area contributed by atoms with Crippen LogP contribution in [0.3, 0.4) is 0 Å². The summed E-state index contributed by atoms with van der Waals surface area (Å²) >= 11 is 0. The van der Waals surface area contributed by atoms with Gasteiger partial charge in [0.05, 0.1) is 0 Å². The second kappa shape index (κ2) is 8.32. The molecule has 0 heterocycles. The molecule has 0 bridgehead atoms. The lowest BCUT2D eigenvalue weighted by Crippen LogP contribution is -2.47. The first-order valence-electron chi connectivity index (χ1n) is 8.56. The van der Waals surface area contributed by atoms with E-state index in [9.17, 15) is 0 Å². The summed E-state index contributed by atoms with van der Waals surface area (Å²) < 4.78 is 5.85. The van der Waals surface area contributed by atoms with E-state index in [2.05, 4.69) is 69.3 Å². The van der Waals surface area contributed by atoms with Gasteiger partial charge in [-0.05, 0) is 58.1 Å². The molecule has 2 rings (SSSR count). The Balaban J connectivity index is 1.87. The zero-order valence-corrected chi connectivity index (χ0v) is 15.5. The second-order valence-corrected chi connectivity index (χ2v) is 7.15. The Hall–Kier alpha value is -1.84. The van der Waals surface area contributed by atoms with Gasteiger partial charge in [-0.15, -0.1) is 0 Å². The smallest absolute Gasteiger partial charge is 0.119 e. The highest BCUT2D eigenvalue weighted by molar-refractivity contribution is 5.29. The molecule has 0 saturated heterocycles. The predicted molar refractivity (Wildman–Crippen MR) is 101 cm³/mol. The molecule has 1 N–H and O–H groups in total. The number of nitrogens with zero attached hydrogens (tertiary/aromatic N) is 1. The number of ether oxygens (including phenoxy) is 1. The van der Waals surface area contributed by atoms with E-state index in [4.69, 9.17) is 4.74 Å². The van der Waals surface area contributed by atoms with Crippen LogP contribution >= 0.6 is 0 Å². The van der Waals surface area contributed by atoms with Crippen LogP contribution in [0.5, 0.6) is 5.75 Å². The Labute approximate surface area is 146 Å². The molecule has 3 nitrogen and oxygen atoms in total.